The van der Waals surface area contributed by atoms with Gasteiger partial charge in [-0.25, -0.2) is 4.98 Å². The Hall–Kier alpha value is -3.48. The molecule has 2 aromatic carbocycles. The van der Waals surface area contributed by atoms with Gasteiger partial charge in [0.25, 0.3) is 0 Å². The van der Waals surface area contributed by atoms with Gasteiger partial charge in [0.15, 0.2) is 12.4 Å². The second-order valence-corrected chi connectivity index (χ2v) is 10.9. The highest BCUT2D eigenvalue weighted by Gasteiger charge is 2.26. The summed E-state index contributed by atoms with van der Waals surface area (Å²) < 4.78 is 19.4. The Kier molecular flexibility index (Phi) is 9.08. The fourth-order valence-electron chi connectivity index (χ4n) is 5.46. The third kappa shape index (κ3) is 7.43. The molecule has 2 fully saturated rings. The Bertz CT molecular complexity index is 1360. The topological polar surface area (TPSA) is 70.3 Å². The van der Waals surface area contributed by atoms with Crippen LogP contribution >= 0.6 is 0 Å². The maximum Gasteiger partial charge on any atom is 0.158 e. The van der Waals surface area contributed by atoms with E-state index >= 15 is 0 Å². The van der Waals surface area contributed by atoms with Gasteiger partial charge in [-0.15, -0.1) is 0 Å². The van der Waals surface area contributed by atoms with E-state index in [0.29, 0.717) is 6.54 Å². The number of oxime groups is 1. The van der Waals surface area contributed by atoms with Gasteiger partial charge < -0.3 is 23.6 Å². The molecule has 0 radical (unpaired) electrons. The summed E-state index contributed by atoms with van der Waals surface area (Å²) in [6.45, 7) is 8.04. The van der Waals surface area contributed by atoms with Crippen molar-refractivity contribution in [3.8, 4) is 11.8 Å². The molecule has 8 heteroatoms. The lowest BCUT2D eigenvalue weighted by molar-refractivity contribution is -0.188. The number of ether oxygens (including phenoxy) is 3. The molecular formula is C33H38N4O4. The largest absolute Gasteiger partial charge is 0.390 e. The molecule has 0 N–H and O–H groups in total. The number of nitrogens with zero attached hydrogens (tertiary/aromatic N) is 4. The lowest BCUT2D eigenvalue weighted by Crippen LogP contribution is -2.35. The summed E-state index contributed by atoms with van der Waals surface area (Å²) in [6, 6.07) is 16.8. The first-order valence-corrected chi connectivity index (χ1v) is 14.7. The smallest absolute Gasteiger partial charge is 0.158 e. The SMILES string of the molecule is C[C@H](OC1CCCCO1)c1nccn1CC1CC(c2ccc(C#Cc3ccc(CN4CCOCC4)cc3)cc2)=NO1. The molecule has 3 aliphatic heterocycles. The number of aromatic nitrogens is 2. The molecule has 214 valence electrons. The van der Waals surface area contributed by atoms with Crippen molar-refractivity contribution in [2.75, 3.05) is 32.9 Å². The van der Waals surface area contributed by atoms with Crippen molar-refractivity contribution in [1.82, 2.24) is 14.5 Å². The van der Waals surface area contributed by atoms with E-state index in [1.807, 2.05) is 31.5 Å². The van der Waals surface area contributed by atoms with Crippen LogP contribution in [0.15, 0.2) is 66.1 Å². The number of benzene rings is 2. The molecule has 41 heavy (non-hydrogen) atoms. The lowest BCUT2D eigenvalue weighted by Gasteiger charge is -2.26. The summed E-state index contributed by atoms with van der Waals surface area (Å²) in [6.07, 6.45) is 7.33. The van der Waals surface area contributed by atoms with E-state index in [2.05, 4.69) is 67.8 Å². The van der Waals surface area contributed by atoms with Crippen molar-refractivity contribution in [1.29, 1.82) is 0 Å². The average Bonchev–Trinajstić information content (AvgIpc) is 3.68. The fraction of sp³-hybridized carbons (Fsp3) is 0.455. The van der Waals surface area contributed by atoms with Crippen molar-refractivity contribution < 1.29 is 19.0 Å². The zero-order valence-corrected chi connectivity index (χ0v) is 23.7. The predicted octanol–water partition coefficient (Wildman–Crippen LogP) is 4.91. The lowest BCUT2D eigenvalue weighted by atomic mass is 10.0. The van der Waals surface area contributed by atoms with Crippen molar-refractivity contribution in [2.24, 2.45) is 5.16 Å². The van der Waals surface area contributed by atoms with Gasteiger partial charge in [0.05, 0.1) is 25.5 Å². The molecule has 1 aromatic heterocycles. The quantitative estimate of drug-likeness (QED) is 0.369. The summed E-state index contributed by atoms with van der Waals surface area (Å²) in [5, 5.41) is 4.39. The van der Waals surface area contributed by atoms with Crippen LogP contribution in [0.1, 0.15) is 66.8 Å². The first-order chi connectivity index (χ1) is 20.2. The highest BCUT2D eigenvalue weighted by atomic mass is 16.7. The first-order valence-electron chi connectivity index (χ1n) is 14.7. The zero-order valence-electron chi connectivity index (χ0n) is 23.7. The predicted molar refractivity (Wildman–Crippen MR) is 156 cm³/mol. The van der Waals surface area contributed by atoms with Crippen molar-refractivity contribution >= 4 is 5.71 Å². The van der Waals surface area contributed by atoms with Crippen LogP contribution in [0.5, 0.6) is 0 Å². The van der Waals surface area contributed by atoms with E-state index in [1.165, 1.54) is 5.56 Å². The van der Waals surface area contributed by atoms with Gasteiger partial charge in [0.2, 0.25) is 0 Å². The number of hydrogen-bond acceptors (Lipinski definition) is 7. The van der Waals surface area contributed by atoms with Crippen LogP contribution in [0.25, 0.3) is 0 Å². The third-order valence-corrected chi connectivity index (χ3v) is 7.77. The first kappa shape index (κ1) is 27.7. The minimum absolute atomic E-state index is 0.0539. The Balaban J connectivity index is 1.000. The van der Waals surface area contributed by atoms with Crippen LogP contribution in [0.4, 0.5) is 0 Å². The average molecular weight is 555 g/mol. The van der Waals surface area contributed by atoms with Crippen LogP contribution in [0.3, 0.4) is 0 Å². The molecule has 0 bridgehead atoms. The monoisotopic (exact) mass is 554 g/mol. The summed E-state index contributed by atoms with van der Waals surface area (Å²) in [5.41, 5.74) is 5.30. The molecule has 3 aromatic rings. The molecule has 0 amide bonds. The van der Waals surface area contributed by atoms with Gasteiger partial charge in [-0.3, -0.25) is 4.90 Å². The van der Waals surface area contributed by atoms with Crippen LogP contribution < -0.4 is 0 Å². The molecule has 8 nitrogen and oxygen atoms in total. The molecule has 0 aliphatic carbocycles. The molecule has 0 saturated carbocycles. The molecule has 2 saturated heterocycles. The molecule has 4 heterocycles. The Labute approximate surface area is 242 Å². The van der Waals surface area contributed by atoms with E-state index in [9.17, 15) is 0 Å². The summed E-state index contributed by atoms with van der Waals surface area (Å²) >= 11 is 0. The minimum Gasteiger partial charge on any atom is -0.390 e. The van der Waals surface area contributed by atoms with Gasteiger partial charge in [-0.1, -0.05) is 41.3 Å². The van der Waals surface area contributed by atoms with Crippen molar-refractivity contribution in [3.63, 3.8) is 0 Å². The summed E-state index contributed by atoms with van der Waals surface area (Å²) in [4.78, 5) is 12.8. The van der Waals surface area contributed by atoms with E-state index in [1.54, 1.807) is 0 Å². The highest BCUT2D eigenvalue weighted by Crippen LogP contribution is 2.25. The maximum atomic E-state index is 6.13. The van der Waals surface area contributed by atoms with Crippen LogP contribution in [0.2, 0.25) is 0 Å². The molecule has 3 aliphatic rings. The van der Waals surface area contributed by atoms with Gasteiger partial charge in [0.1, 0.15) is 11.9 Å². The van der Waals surface area contributed by atoms with Crippen molar-refractivity contribution in [2.45, 2.75) is 64.2 Å². The fourth-order valence-corrected chi connectivity index (χ4v) is 5.46. The second kappa shape index (κ2) is 13.5. The standard InChI is InChI=1S/C33H38N4O4/c1-25(40-32-4-2-3-19-39-32)33-34-15-16-37(33)24-30-22-31(35-41-30)29-13-11-27(12-14-29)6-5-26-7-9-28(10-8-26)23-36-17-20-38-21-18-36/h7-16,25,30,32H,2-4,17-24H2,1H3/t25-,30?,32?/m0/s1. The molecule has 0 spiro atoms. The summed E-state index contributed by atoms with van der Waals surface area (Å²) in [5.74, 6) is 7.45. The van der Waals surface area contributed by atoms with Gasteiger partial charge in [0, 0.05) is 56.2 Å². The van der Waals surface area contributed by atoms with E-state index < -0.39 is 0 Å². The normalized spacial score (nSPS) is 21.9. The van der Waals surface area contributed by atoms with E-state index in [4.69, 9.17) is 19.0 Å². The molecular weight excluding hydrogens is 516 g/mol. The third-order valence-electron chi connectivity index (χ3n) is 7.77. The molecule has 3 atom stereocenters. The number of rotatable bonds is 8. The van der Waals surface area contributed by atoms with Gasteiger partial charge >= 0.3 is 0 Å². The minimum atomic E-state index is -0.156. The summed E-state index contributed by atoms with van der Waals surface area (Å²) in [7, 11) is 0. The van der Waals surface area contributed by atoms with E-state index in [0.717, 1.165) is 93.4 Å². The van der Waals surface area contributed by atoms with Gasteiger partial charge in [-0.2, -0.15) is 0 Å². The second-order valence-electron chi connectivity index (χ2n) is 10.9. The Morgan fingerprint density at radius 2 is 1.73 bits per heavy atom. The Morgan fingerprint density at radius 3 is 2.46 bits per heavy atom. The van der Waals surface area contributed by atoms with Crippen molar-refractivity contribution in [3.05, 3.63) is 89.0 Å². The number of hydrogen-bond donors (Lipinski definition) is 0. The maximum absolute atomic E-state index is 6.13. The number of morpholine rings is 1. The molecule has 2 unspecified atom stereocenters. The number of imidazole rings is 1. The van der Waals surface area contributed by atoms with Gasteiger partial charge in [-0.05, 0) is 61.6 Å². The zero-order chi connectivity index (χ0) is 27.9. The van der Waals surface area contributed by atoms with Crippen LogP contribution in [-0.2, 0) is 32.1 Å². The van der Waals surface area contributed by atoms with Crippen LogP contribution in [-0.4, -0.2) is 65.5 Å². The van der Waals surface area contributed by atoms with E-state index in [-0.39, 0.29) is 18.5 Å². The Morgan fingerprint density at radius 1 is 0.976 bits per heavy atom. The van der Waals surface area contributed by atoms with Crippen LogP contribution in [0, 0.1) is 11.8 Å². The highest BCUT2D eigenvalue weighted by molar-refractivity contribution is 6.01. The molecule has 6 rings (SSSR count).